The number of urea groups is 1. The second-order valence-electron chi connectivity index (χ2n) is 5.53. The summed E-state index contributed by atoms with van der Waals surface area (Å²) in [6.45, 7) is 2.07. The van der Waals surface area contributed by atoms with E-state index in [1.54, 1.807) is 17.4 Å². The fourth-order valence-electron chi connectivity index (χ4n) is 2.41. The SMILES string of the molecule is Cc1ccc2nc(-c3ccc(NC(=O)Nc4ccon4)cc3)sc2c1. The van der Waals surface area contributed by atoms with Gasteiger partial charge in [-0.3, -0.25) is 5.32 Å². The zero-order valence-electron chi connectivity index (χ0n) is 13.3. The number of hydrogen-bond donors (Lipinski definition) is 2. The predicted octanol–water partition coefficient (Wildman–Crippen LogP) is 4.90. The number of hydrogen-bond acceptors (Lipinski definition) is 5. The molecule has 0 bridgehead atoms. The monoisotopic (exact) mass is 350 g/mol. The van der Waals surface area contributed by atoms with Crippen molar-refractivity contribution in [2.75, 3.05) is 10.6 Å². The summed E-state index contributed by atoms with van der Waals surface area (Å²) >= 11 is 1.66. The third kappa shape index (κ3) is 3.36. The molecule has 0 atom stereocenters. The van der Waals surface area contributed by atoms with E-state index in [0.717, 1.165) is 16.1 Å². The Morgan fingerprint density at radius 2 is 1.92 bits per heavy atom. The van der Waals surface area contributed by atoms with Gasteiger partial charge in [-0.1, -0.05) is 11.2 Å². The molecule has 0 spiro atoms. The number of rotatable bonds is 3. The maximum absolute atomic E-state index is 11.9. The lowest BCUT2D eigenvalue weighted by Crippen LogP contribution is -2.19. The van der Waals surface area contributed by atoms with Crippen molar-refractivity contribution in [1.29, 1.82) is 0 Å². The van der Waals surface area contributed by atoms with Gasteiger partial charge >= 0.3 is 6.03 Å². The van der Waals surface area contributed by atoms with Crippen molar-refractivity contribution in [2.45, 2.75) is 6.92 Å². The zero-order chi connectivity index (χ0) is 17.2. The molecule has 2 aromatic carbocycles. The molecule has 7 heteroatoms. The lowest BCUT2D eigenvalue weighted by Gasteiger charge is -2.05. The van der Waals surface area contributed by atoms with Crippen LogP contribution in [0, 0.1) is 6.92 Å². The number of nitrogens with zero attached hydrogens (tertiary/aromatic N) is 2. The normalized spacial score (nSPS) is 10.8. The highest BCUT2D eigenvalue weighted by atomic mass is 32.1. The average molecular weight is 350 g/mol. The molecule has 0 saturated carbocycles. The summed E-state index contributed by atoms with van der Waals surface area (Å²) in [5.41, 5.74) is 3.92. The van der Waals surface area contributed by atoms with Gasteiger partial charge in [0.25, 0.3) is 0 Å². The highest BCUT2D eigenvalue weighted by molar-refractivity contribution is 7.21. The number of anilines is 2. The van der Waals surface area contributed by atoms with Crippen LogP contribution in [-0.4, -0.2) is 16.2 Å². The minimum absolute atomic E-state index is 0.360. The maximum atomic E-state index is 11.9. The molecule has 2 amide bonds. The fourth-order valence-corrected chi connectivity index (χ4v) is 3.48. The Labute approximate surface area is 147 Å². The van der Waals surface area contributed by atoms with Crippen LogP contribution in [0.1, 0.15) is 5.56 Å². The lowest BCUT2D eigenvalue weighted by molar-refractivity contribution is 0.262. The maximum Gasteiger partial charge on any atom is 0.324 e. The fraction of sp³-hybridized carbons (Fsp3) is 0.0556. The van der Waals surface area contributed by atoms with Crippen LogP contribution in [0.25, 0.3) is 20.8 Å². The van der Waals surface area contributed by atoms with Crippen molar-refractivity contribution in [3.8, 4) is 10.6 Å². The van der Waals surface area contributed by atoms with Gasteiger partial charge in [-0.2, -0.15) is 0 Å². The summed E-state index contributed by atoms with van der Waals surface area (Å²) in [5, 5.41) is 9.90. The molecule has 0 fully saturated rings. The van der Waals surface area contributed by atoms with Crippen LogP contribution < -0.4 is 10.6 Å². The summed E-state index contributed by atoms with van der Waals surface area (Å²) in [7, 11) is 0. The third-order valence-corrected chi connectivity index (χ3v) is 4.68. The molecule has 0 unspecified atom stereocenters. The minimum Gasteiger partial charge on any atom is -0.363 e. The Morgan fingerprint density at radius 1 is 1.08 bits per heavy atom. The van der Waals surface area contributed by atoms with Crippen molar-refractivity contribution in [1.82, 2.24) is 10.1 Å². The summed E-state index contributed by atoms with van der Waals surface area (Å²) in [6, 6.07) is 15.0. The van der Waals surface area contributed by atoms with Gasteiger partial charge in [-0.15, -0.1) is 11.3 Å². The number of fused-ring (bicyclic) bond motifs is 1. The molecule has 6 nitrogen and oxygen atoms in total. The van der Waals surface area contributed by atoms with Gasteiger partial charge < -0.3 is 9.84 Å². The molecule has 0 aliphatic carbocycles. The molecule has 25 heavy (non-hydrogen) atoms. The van der Waals surface area contributed by atoms with Crippen LogP contribution >= 0.6 is 11.3 Å². The lowest BCUT2D eigenvalue weighted by atomic mass is 10.2. The van der Waals surface area contributed by atoms with Crippen molar-refractivity contribution in [3.05, 3.63) is 60.4 Å². The van der Waals surface area contributed by atoms with E-state index in [1.807, 2.05) is 30.3 Å². The van der Waals surface area contributed by atoms with Crippen molar-refractivity contribution in [2.24, 2.45) is 0 Å². The number of aromatic nitrogens is 2. The van der Waals surface area contributed by atoms with Crippen LogP contribution in [0.2, 0.25) is 0 Å². The Hall–Kier alpha value is -3.19. The molecule has 0 radical (unpaired) electrons. The minimum atomic E-state index is -0.378. The standard InChI is InChI=1S/C18H14N4O2S/c1-11-2-7-14-15(10-11)25-17(20-14)12-3-5-13(6-4-12)19-18(23)21-16-8-9-24-22-16/h2-10H,1H3,(H2,19,21,22,23). The number of benzene rings is 2. The second-order valence-corrected chi connectivity index (χ2v) is 6.56. The Morgan fingerprint density at radius 3 is 2.68 bits per heavy atom. The van der Waals surface area contributed by atoms with Gasteiger partial charge in [0.05, 0.1) is 10.2 Å². The van der Waals surface area contributed by atoms with Gasteiger partial charge in [0.1, 0.15) is 11.3 Å². The van der Waals surface area contributed by atoms with Gasteiger partial charge in [0.2, 0.25) is 0 Å². The molecule has 2 aromatic heterocycles. The Bertz CT molecular complexity index is 1020. The van der Waals surface area contributed by atoms with Crippen LogP contribution in [0.15, 0.2) is 59.3 Å². The van der Waals surface area contributed by atoms with Crippen molar-refractivity contribution in [3.63, 3.8) is 0 Å². The summed E-state index contributed by atoms with van der Waals surface area (Å²) in [5.74, 6) is 0.360. The van der Waals surface area contributed by atoms with Gasteiger partial charge in [-0.25, -0.2) is 9.78 Å². The van der Waals surface area contributed by atoms with Gasteiger partial charge in [0.15, 0.2) is 5.82 Å². The number of nitrogens with one attached hydrogen (secondary N) is 2. The highest BCUT2D eigenvalue weighted by Crippen LogP contribution is 2.31. The molecule has 0 aliphatic rings. The van der Waals surface area contributed by atoms with Crippen molar-refractivity contribution >= 4 is 39.1 Å². The summed E-state index contributed by atoms with van der Waals surface area (Å²) < 4.78 is 5.83. The van der Waals surface area contributed by atoms with Gasteiger partial charge in [0, 0.05) is 17.3 Å². The molecular weight excluding hydrogens is 336 g/mol. The van der Waals surface area contributed by atoms with E-state index >= 15 is 0 Å². The first-order chi connectivity index (χ1) is 12.2. The van der Waals surface area contributed by atoms with E-state index in [1.165, 1.54) is 16.5 Å². The predicted molar refractivity (Wildman–Crippen MR) is 98.9 cm³/mol. The molecule has 4 rings (SSSR count). The second kappa shape index (κ2) is 6.37. The van der Waals surface area contributed by atoms with Crippen LogP contribution in [0.5, 0.6) is 0 Å². The first-order valence-electron chi connectivity index (χ1n) is 7.63. The van der Waals surface area contributed by atoms with Crippen LogP contribution in [0.4, 0.5) is 16.3 Å². The van der Waals surface area contributed by atoms with E-state index < -0.39 is 0 Å². The highest BCUT2D eigenvalue weighted by Gasteiger charge is 2.08. The average Bonchev–Trinajstić information content (AvgIpc) is 3.24. The topological polar surface area (TPSA) is 80.0 Å². The number of amides is 2. The molecular formula is C18H14N4O2S. The van der Waals surface area contributed by atoms with Crippen LogP contribution in [0.3, 0.4) is 0 Å². The molecule has 2 N–H and O–H groups in total. The quantitative estimate of drug-likeness (QED) is 0.550. The molecule has 2 heterocycles. The smallest absolute Gasteiger partial charge is 0.324 e. The van der Waals surface area contributed by atoms with E-state index in [-0.39, 0.29) is 6.03 Å². The molecule has 4 aromatic rings. The Balaban J connectivity index is 1.50. The van der Waals surface area contributed by atoms with Crippen molar-refractivity contribution < 1.29 is 9.32 Å². The van der Waals surface area contributed by atoms with Crippen LogP contribution in [-0.2, 0) is 0 Å². The first kappa shape index (κ1) is 15.3. The number of carbonyl (C=O) groups excluding carboxylic acids is 1. The van der Waals surface area contributed by atoms with E-state index in [0.29, 0.717) is 11.5 Å². The largest absolute Gasteiger partial charge is 0.363 e. The summed E-state index contributed by atoms with van der Waals surface area (Å²) in [4.78, 5) is 16.5. The third-order valence-electron chi connectivity index (χ3n) is 3.61. The number of carbonyl (C=O) groups is 1. The van der Waals surface area contributed by atoms with E-state index in [9.17, 15) is 4.79 Å². The van der Waals surface area contributed by atoms with Gasteiger partial charge in [-0.05, 0) is 48.9 Å². The number of aryl methyl sites for hydroxylation is 1. The molecule has 0 aliphatic heterocycles. The first-order valence-corrected chi connectivity index (χ1v) is 8.45. The van der Waals surface area contributed by atoms with E-state index in [4.69, 9.17) is 0 Å². The zero-order valence-corrected chi connectivity index (χ0v) is 14.1. The van der Waals surface area contributed by atoms with E-state index in [2.05, 4.69) is 44.4 Å². The Kier molecular flexibility index (Phi) is 3.91. The molecule has 0 saturated heterocycles. The molecule has 124 valence electrons. The number of thiazole rings is 1. The summed E-state index contributed by atoms with van der Waals surface area (Å²) in [6.07, 6.45) is 1.39.